The summed E-state index contributed by atoms with van der Waals surface area (Å²) < 4.78 is 44.7. The molecule has 1 aromatic heterocycles. The fourth-order valence-corrected chi connectivity index (χ4v) is 5.80. The van der Waals surface area contributed by atoms with Crippen LogP contribution in [0.1, 0.15) is 18.4 Å². The van der Waals surface area contributed by atoms with Crippen LogP contribution >= 0.6 is 0 Å². The van der Waals surface area contributed by atoms with Gasteiger partial charge in [0.25, 0.3) is 0 Å². The second-order valence-corrected chi connectivity index (χ2v) is 10.7. The number of anilines is 2. The van der Waals surface area contributed by atoms with E-state index in [1.807, 2.05) is 18.2 Å². The molecule has 0 aliphatic carbocycles. The summed E-state index contributed by atoms with van der Waals surface area (Å²) >= 11 is 0. The second kappa shape index (κ2) is 12.4. The van der Waals surface area contributed by atoms with Crippen LogP contribution in [0.3, 0.4) is 0 Å². The number of carbonyl (C=O) groups is 1. The Labute approximate surface area is 248 Å². The molecular formula is C33H32F2N4O4. The van der Waals surface area contributed by atoms with Gasteiger partial charge in [-0.2, -0.15) is 0 Å². The van der Waals surface area contributed by atoms with Gasteiger partial charge in [-0.1, -0.05) is 12.1 Å². The number of hydrogen-bond donors (Lipinski definition) is 1. The molecular weight excluding hydrogens is 554 g/mol. The zero-order chi connectivity index (χ0) is 29.9. The Hall–Kier alpha value is -4.41. The SMILES string of the molecule is COc1cc2ncnc(Nc3cc(-c4ccc(F)cc4F)ccc3OC)c2cc1CCC(=O)/C=C/CN1C2COCC1C2. The second-order valence-electron chi connectivity index (χ2n) is 10.7. The lowest BCUT2D eigenvalue weighted by Gasteiger charge is -2.52. The van der Waals surface area contributed by atoms with Gasteiger partial charge in [-0.05, 0) is 60.4 Å². The molecule has 0 saturated carbocycles. The molecule has 4 aromatic rings. The number of morpholine rings is 1. The van der Waals surface area contributed by atoms with E-state index in [1.165, 1.54) is 32.0 Å². The molecule has 0 amide bonds. The largest absolute Gasteiger partial charge is 0.496 e. The van der Waals surface area contributed by atoms with Gasteiger partial charge in [0.15, 0.2) is 5.78 Å². The van der Waals surface area contributed by atoms with Crippen molar-refractivity contribution >= 4 is 28.2 Å². The van der Waals surface area contributed by atoms with Crippen molar-refractivity contribution < 1.29 is 27.8 Å². The van der Waals surface area contributed by atoms with Crippen LogP contribution in [0.25, 0.3) is 22.0 Å². The first-order valence-electron chi connectivity index (χ1n) is 14.2. The van der Waals surface area contributed by atoms with Crippen LogP contribution < -0.4 is 14.8 Å². The number of nitrogens with zero attached hydrogens (tertiary/aromatic N) is 3. The molecule has 0 spiro atoms. The van der Waals surface area contributed by atoms with E-state index in [2.05, 4.69) is 20.2 Å². The van der Waals surface area contributed by atoms with Crippen LogP contribution in [0.2, 0.25) is 0 Å². The fraction of sp³-hybridized carbons (Fsp3) is 0.303. The number of carbonyl (C=O) groups excluding carboxylic acids is 1. The number of halogens is 2. The smallest absolute Gasteiger partial charge is 0.155 e. The van der Waals surface area contributed by atoms with Crippen molar-refractivity contribution in [2.24, 2.45) is 0 Å². The number of allylic oxidation sites excluding steroid dienone is 1. The summed E-state index contributed by atoms with van der Waals surface area (Å²) in [4.78, 5) is 24.0. The lowest BCUT2D eigenvalue weighted by molar-refractivity contribution is -0.121. The molecule has 2 saturated heterocycles. The third kappa shape index (κ3) is 6.07. The number of ketones is 1. The van der Waals surface area contributed by atoms with Gasteiger partial charge in [-0.15, -0.1) is 0 Å². The van der Waals surface area contributed by atoms with Crippen molar-refractivity contribution in [3.05, 3.63) is 84.2 Å². The van der Waals surface area contributed by atoms with Gasteiger partial charge in [0.2, 0.25) is 0 Å². The number of ether oxygens (including phenoxy) is 3. The van der Waals surface area contributed by atoms with Crippen LogP contribution in [0.4, 0.5) is 20.3 Å². The summed E-state index contributed by atoms with van der Waals surface area (Å²) in [5.74, 6) is 0.379. The van der Waals surface area contributed by atoms with Gasteiger partial charge >= 0.3 is 0 Å². The number of aromatic nitrogens is 2. The molecule has 2 bridgehead atoms. The van der Waals surface area contributed by atoms with Gasteiger partial charge in [0.05, 0.1) is 38.6 Å². The Kier molecular flexibility index (Phi) is 8.31. The molecule has 1 N–H and O–H groups in total. The first kappa shape index (κ1) is 28.7. The number of methoxy groups -OCH3 is 2. The monoisotopic (exact) mass is 586 g/mol. The molecule has 2 aliphatic heterocycles. The van der Waals surface area contributed by atoms with Crippen molar-refractivity contribution in [3.8, 4) is 22.6 Å². The highest BCUT2D eigenvalue weighted by molar-refractivity contribution is 5.94. The van der Waals surface area contributed by atoms with Gasteiger partial charge in [-0.3, -0.25) is 9.69 Å². The quantitative estimate of drug-likeness (QED) is 0.219. The summed E-state index contributed by atoms with van der Waals surface area (Å²) in [5, 5.41) is 4.01. The molecule has 10 heteroatoms. The highest BCUT2D eigenvalue weighted by atomic mass is 19.1. The summed E-state index contributed by atoms with van der Waals surface area (Å²) in [6.07, 6.45) is 7.02. The van der Waals surface area contributed by atoms with Crippen LogP contribution in [0, 0.1) is 11.6 Å². The third-order valence-corrected chi connectivity index (χ3v) is 8.10. The number of fused-ring (bicyclic) bond motifs is 3. The van der Waals surface area contributed by atoms with Gasteiger partial charge in [-0.25, -0.2) is 18.7 Å². The van der Waals surface area contributed by atoms with Crippen LogP contribution in [-0.4, -0.2) is 66.7 Å². The fourth-order valence-electron chi connectivity index (χ4n) is 5.80. The molecule has 8 nitrogen and oxygen atoms in total. The first-order valence-corrected chi connectivity index (χ1v) is 14.2. The van der Waals surface area contributed by atoms with Gasteiger partial charge in [0.1, 0.15) is 35.3 Å². The van der Waals surface area contributed by atoms with Gasteiger partial charge in [0, 0.05) is 48.1 Å². The van der Waals surface area contributed by atoms with Crippen molar-refractivity contribution in [1.29, 1.82) is 0 Å². The van der Waals surface area contributed by atoms with E-state index in [0.29, 0.717) is 64.4 Å². The Bertz CT molecular complexity index is 1680. The van der Waals surface area contributed by atoms with E-state index in [9.17, 15) is 13.6 Å². The van der Waals surface area contributed by atoms with E-state index < -0.39 is 11.6 Å². The highest BCUT2D eigenvalue weighted by Crippen LogP contribution is 2.36. The average molecular weight is 587 g/mol. The zero-order valence-electron chi connectivity index (χ0n) is 24.0. The van der Waals surface area contributed by atoms with Crippen LogP contribution in [-0.2, 0) is 16.0 Å². The summed E-state index contributed by atoms with van der Waals surface area (Å²) in [6.45, 7) is 2.30. The highest BCUT2D eigenvalue weighted by Gasteiger charge is 2.41. The Morgan fingerprint density at radius 1 is 1.05 bits per heavy atom. The maximum absolute atomic E-state index is 14.5. The summed E-state index contributed by atoms with van der Waals surface area (Å²) in [6, 6.07) is 13.3. The molecule has 2 atom stereocenters. The molecule has 3 aromatic carbocycles. The standard InChI is InChI=1S/C33H32F2N4O4/c1-41-31-10-6-20(26-9-7-22(34)14-28(26)35)13-30(31)38-33-27-12-21(32(42-2)16-29(27)36-19-37-33)5-8-25(40)4-3-11-39-23-15-24(39)18-43-17-23/h3-4,6-7,9-10,12-14,16,19,23-24H,5,8,11,15,17-18H2,1-2H3,(H,36,37,38)/b4-3+. The topological polar surface area (TPSA) is 85.8 Å². The lowest BCUT2D eigenvalue weighted by atomic mass is 9.91. The minimum atomic E-state index is -0.664. The predicted octanol–water partition coefficient (Wildman–Crippen LogP) is 5.87. The van der Waals surface area contributed by atoms with Crippen molar-refractivity contribution in [1.82, 2.24) is 14.9 Å². The Morgan fingerprint density at radius 3 is 2.60 bits per heavy atom. The molecule has 2 unspecified atom stereocenters. The van der Waals surface area contributed by atoms with Crippen molar-refractivity contribution in [2.75, 3.05) is 39.3 Å². The first-order chi connectivity index (χ1) is 20.9. The molecule has 6 rings (SSSR count). The number of rotatable bonds is 11. The number of benzene rings is 3. The molecule has 2 fully saturated rings. The van der Waals surface area contributed by atoms with Crippen LogP contribution in [0.15, 0.2) is 67.0 Å². The molecule has 222 valence electrons. The number of aryl methyl sites for hydroxylation is 1. The van der Waals surface area contributed by atoms with E-state index in [4.69, 9.17) is 14.2 Å². The Balaban J connectivity index is 1.22. The minimum Gasteiger partial charge on any atom is -0.496 e. The number of nitrogens with one attached hydrogen (secondary N) is 1. The summed E-state index contributed by atoms with van der Waals surface area (Å²) in [7, 11) is 3.13. The predicted molar refractivity (Wildman–Crippen MR) is 160 cm³/mol. The molecule has 3 heterocycles. The van der Waals surface area contributed by atoms with E-state index in [0.717, 1.165) is 31.4 Å². The number of hydrogen-bond acceptors (Lipinski definition) is 8. The van der Waals surface area contributed by atoms with Crippen molar-refractivity contribution in [3.63, 3.8) is 0 Å². The lowest BCUT2D eigenvalue weighted by Crippen LogP contribution is -2.63. The van der Waals surface area contributed by atoms with E-state index in [-0.39, 0.29) is 11.3 Å². The Morgan fingerprint density at radius 2 is 1.86 bits per heavy atom. The third-order valence-electron chi connectivity index (χ3n) is 8.10. The minimum absolute atomic E-state index is 0.0429. The van der Waals surface area contributed by atoms with Crippen LogP contribution in [0.5, 0.6) is 11.5 Å². The van der Waals surface area contributed by atoms with Crippen molar-refractivity contribution in [2.45, 2.75) is 31.3 Å². The summed E-state index contributed by atoms with van der Waals surface area (Å²) in [5.41, 5.74) is 2.83. The van der Waals surface area contributed by atoms with E-state index >= 15 is 0 Å². The van der Waals surface area contributed by atoms with Gasteiger partial charge < -0.3 is 19.5 Å². The molecule has 2 aliphatic rings. The molecule has 43 heavy (non-hydrogen) atoms. The maximum atomic E-state index is 14.5. The normalized spacial score (nSPS) is 18.0. The van der Waals surface area contributed by atoms with E-state index in [1.54, 1.807) is 31.4 Å². The average Bonchev–Trinajstić information content (AvgIpc) is 3.02. The zero-order valence-corrected chi connectivity index (χ0v) is 24.0. The molecule has 0 radical (unpaired) electrons. The maximum Gasteiger partial charge on any atom is 0.155 e.